The molecule has 2 N–H and O–H groups in total. The average molecular weight is 269 g/mol. The highest BCUT2D eigenvalue weighted by Crippen LogP contribution is 2.33. The number of nitrogens with two attached hydrogens (primary N) is 1. The molecule has 100 valence electrons. The van der Waals surface area contributed by atoms with Gasteiger partial charge in [-0.2, -0.15) is 0 Å². The largest absolute Gasteiger partial charge is 0.370 e. The van der Waals surface area contributed by atoms with Crippen LogP contribution in [-0.4, -0.2) is 36.7 Å². The summed E-state index contributed by atoms with van der Waals surface area (Å²) in [7, 11) is 0. The van der Waals surface area contributed by atoms with E-state index in [0.717, 1.165) is 23.7 Å². The smallest absolute Gasteiger partial charge is 0.0967 e. The predicted molar refractivity (Wildman–Crippen MR) is 74.9 cm³/mol. The predicted octanol–water partition coefficient (Wildman–Crippen LogP) is 2.45. The van der Waals surface area contributed by atoms with E-state index in [1.165, 1.54) is 0 Å². The van der Waals surface area contributed by atoms with E-state index < -0.39 is 0 Å². The van der Waals surface area contributed by atoms with Crippen LogP contribution >= 0.6 is 11.6 Å². The third kappa shape index (κ3) is 2.86. The Balaban J connectivity index is 2.16. The third-order valence-electron chi connectivity index (χ3n) is 3.53. The normalized spacial score (nSPS) is 24.1. The maximum atomic E-state index is 6.23. The van der Waals surface area contributed by atoms with Gasteiger partial charge in [-0.15, -0.1) is 0 Å². The van der Waals surface area contributed by atoms with Crippen LogP contribution in [0.2, 0.25) is 5.02 Å². The van der Waals surface area contributed by atoms with Crippen molar-refractivity contribution in [2.24, 2.45) is 5.73 Å². The number of ether oxygens (including phenoxy) is 1. The summed E-state index contributed by atoms with van der Waals surface area (Å²) in [5, 5.41) is 0.773. The zero-order valence-corrected chi connectivity index (χ0v) is 11.8. The zero-order valence-electron chi connectivity index (χ0n) is 11.0. The van der Waals surface area contributed by atoms with E-state index in [1.807, 2.05) is 24.3 Å². The molecule has 4 heteroatoms. The highest BCUT2D eigenvalue weighted by atomic mass is 35.5. The van der Waals surface area contributed by atoms with E-state index >= 15 is 0 Å². The summed E-state index contributed by atoms with van der Waals surface area (Å²) in [4.78, 5) is 2.38. The molecule has 0 radical (unpaired) electrons. The number of hydrogen-bond acceptors (Lipinski definition) is 3. The molecule has 2 rings (SSSR count). The summed E-state index contributed by atoms with van der Waals surface area (Å²) >= 11 is 6.23. The number of nitrogens with zero attached hydrogens (tertiary/aromatic N) is 1. The summed E-state index contributed by atoms with van der Waals surface area (Å²) in [6.07, 6.45) is 0.0401. The second-order valence-corrected chi connectivity index (χ2v) is 5.78. The van der Waals surface area contributed by atoms with Crippen LogP contribution in [0.15, 0.2) is 24.3 Å². The fourth-order valence-electron chi connectivity index (χ4n) is 2.37. The highest BCUT2D eigenvalue weighted by Gasteiger charge is 2.35. The summed E-state index contributed by atoms with van der Waals surface area (Å²) in [5.41, 5.74) is 6.79. The van der Waals surface area contributed by atoms with Gasteiger partial charge >= 0.3 is 0 Å². The van der Waals surface area contributed by atoms with Crippen LogP contribution < -0.4 is 5.73 Å². The van der Waals surface area contributed by atoms with Crippen molar-refractivity contribution in [3.8, 4) is 0 Å². The molecule has 1 saturated heterocycles. The first kappa shape index (κ1) is 13.8. The Morgan fingerprint density at radius 1 is 1.44 bits per heavy atom. The lowest BCUT2D eigenvalue weighted by atomic mass is 9.98. The van der Waals surface area contributed by atoms with Gasteiger partial charge < -0.3 is 10.5 Å². The molecule has 3 nitrogen and oxygen atoms in total. The van der Waals surface area contributed by atoms with Crippen molar-refractivity contribution in [1.82, 2.24) is 4.90 Å². The molecule has 1 aromatic carbocycles. The van der Waals surface area contributed by atoms with E-state index in [1.54, 1.807) is 0 Å². The van der Waals surface area contributed by atoms with E-state index in [0.29, 0.717) is 13.2 Å². The van der Waals surface area contributed by atoms with Crippen molar-refractivity contribution in [2.75, 3.05) is 26.2 Å². The Bertz CT molecular complexity index is 409. The second kappa shape index (κ2) is 5.57. The van der Waals surface area contributed by atoms with Crippen LogP contribution in [0.5, 0.6) is 0 Å². The fourth-order valence-corrected chi connectivity index (χ4v) is 2.63. The van der Waals surface area contributed by atoms with Crippen LogP contribution in [0, 0.1) is 0 Å². The molecule has 0 bridgehead atoms. The highest BCUT2D eigenvalue weighted by molar-refractivity contribution is 6.31. The molecular formula is C14H21ClN2O. The molecule has 1 aromatic rings. The fraction of sp³-hybridized carbons (Fsp3) is 0.571. The maximum absolute atomic E-state index is 6.23. The first-order chi connectivity index (χ1) is 8.54. The number of hydrogen-bond donors (Lipinski definition) is 1. The molecule has 0 saturated carbocycles. The first-order valence-corrected chi connectivity index (χ1v) is 6.73. The number of halogens is 1. The van der Waals surface area contributed by atoms with Gasteiger partial charge in [0.25, 0.3) is 0 Å². The average Bonchev–Trinajstić information content (AvgIpc) is 2.33. The molecule has 0 amide bonds. The summed E-state index contributed by atoms with van der Waals surface area (Å²) < 4.78 is 5.97. The van der Waals surface area contributed by atoms with Gasteiger partial charge in [0, 0.05) is 35.8 Å². The van der Waals surface area contributed by atoms with Crippen molar-refractivity contribution in [1.29, 1.82) is 0 Å². The van der Waals surface area contributed by atoms with Gasteiger partial charge in [-0.05, 0) is 19.9 Å². The van der Waals surface area contributed by atoms with Crippen molar-refractivity contribution in [2.45, 2.75) is 25.5 Å². The molecule has 1 fully saturated rings. The topological polar surface area (TPSA) is 38.5 Å². The Labute approximate surface area is 114 Å². The maximum Gasteiger partial charge on any atom is 0.0967 e. The molecule has 1 unspecified atom stereocenters. The Morgan fingerprint density at radius 3 is 2.83 bits per heavy atom. The SMILES string of the molecule is CC1(C)COC(c2ccccc2Cl)CN1CCN. The minimum Gasteiger partial charge on any atom is -0.370 e. The van der Waals surface area contributed by atoms with Gasteiger partial charge in [0.05, 0.1) is 12.7 Å². The molecule has 1 aliphatic rings. The van der Waals surface area contributed by atoms with Crippen LogP contribution in [0.25, 0.3) is 0 Å². The quantitative estimate of drug-likeness (QED) is 0.915. The van der Waals surface area contributed by atoms with Crippen molar-refractivity contribution in [3.63, 3.8) is 0 Å². The Kier molecular flexibility index (Phi) is 4.28. The number of morpholine rings is 1. The van der Waals surface area contributed by atoms with Gasteiger partial charge in [0.2, 0.25) is 0 Å². The minimum atomic E-state index is 0.0388. The van der Waals surface area contributed by atoms with E-state index in [9.17, 15) is 0 Å². The Morgan fingerprint density at radius 2 is 2.17 bits per heavy atom. The third-order valence-corrected chi connectivity index (χ3v) is 3.88. The minimum absolute atomic E-state index is 0.0388. The monoisotopic (exact) mass is 268 g/mol. The van der Waals surface area contributed by atoms with Crippen LogP contribution in [0.1, 0.15) is 25.5 Å². The molecule has 1 atom stereocenters. The van der Waals surface area contributed by atoms with E-state index in [-0.39, 0.29) is 11.6 Å². The molecular weight excluding hydrogens is 248 g/mol. The Hall–Kier alpha value is -0.610. The molecule has 1 heterocycles. The standard InChI is InChI=1S/C14H21ClN2O/c1-14(2)10-18-13(9-17(14)8-7-16)11-5-3-4-6-12(11)15/h3-6,13H,7-10,16H2,1-2H3. The first-order valence-electron chi connectivity index (χ1n) is 6.36. The van der Waals surface area contributed by atoms with E-state index in [4.69, 9.17) is 22.1 Å². The molecule has 0 aliphatic carbocycles. The van der Waals surface area contributed by atoms with Crippen LogP contribution in [0.3, 0.4) is 0 Å². The number of rotatable bonds is 3. The lowest BCUT2D eigenvalue weighted by Gasteiger charge is -2.45. The zero-order chi connectivity index (χ0) is 13.2. The molecule has 18 heavy (non-hydrogen) atoms. The van der Waals surface area contributed by atoms with Crippen molar-refractivity contribution in [3.05, 3.63) is 34.9 Å². The lowest BCUT2D eigenvalue weighted by Crippen LogP contribution is -2.55. The van der Waals surface area contributed by atoms with Gasteiger partial charge in [-0.25, -0.2) is 0 Å². The molecule has 0 spiro atoms. The van der Waals surface area contributed by atoms with Gasteiger partial charge in [0.15, 0.2) is 0 Å². The summed E-state index contributed by atoms with van der Waals surface area (Å²) in [6.45, 7) is 7.46. The van der Waals surface area contributed by atoms with Crippen LogP contribution in [0.4, 0.5) is 0 Å². The van der Waals surface area contributed by atoms with Crippen molar-refractivity contribution >= 4 is 11.6 Å². The summed E-state index contributed by atoms with van der Waals surface area (Å²) in [6, 6.07) is 7.88. The van der Waals surface area contributed by atoms with Gasteiger partial charge in [-0.3, -0.25) is 4.90 Å². The van der Waals surface area contributed by atoms with E-state index in [2.05, 4.69) is 18.7 Å². The van der Waals surface area contributed by atoms with Gasteiger partial charge in [0.1, 0.15) is 0 Å². The summed E-state index contributed by atoms with van der Waals surface area (Å²) in [5.74, 6) is 0. The molecule has 0 aromatic heterocycles. The second-order valence-electron chi connectivity index (χ2n) is 5.37. The van der Waals surface area contributed by atoms with Crippen LogP contribution in [-0.2, 0) is 4.74 Å². The molecule has 1 aliphatic heterocycles. The lowest BCUT2D eigenvalue weighted by molar-refractivity contribution is -0.0991. The van der Waals surface area contributed by atoms with Crippen molar-refractivity contribution < 1.29 is 4.74 Å². The number of benzene rings is 1. The van der Waals surface area contributed by atoms with Gasteiger partial charge in [-0.1, -0.05) is 29.8 Å².